The van der Waals surface area contributed by atoms with Gasteiger partial charge in [-0.2, -0.15) is 0 Å². The van der Waals surface area contributed by atoms with Gasteiger partial charge in [0, 0.05) is 0 Å². The largest absolute Gasteiger partial charge is 0.487 e. The molecule has 0 spiro atoms. The zero-order valence-corrected chi connectivity index (χ0v) is 7.03. The van der Waals surface area contributed by atoms with Crippen LogP contribution in [0.5, 0.6) is 5.75 Å². The fraction of sp³-hybridized carbons (Fsp3) is 0.143. The van der Waals surface area contributed by atoms with Crippen LogP contribution in [0.2, 0.25) is 0 Å². The van der Waals surface area contributed by atoms with Crippen molar-refractivity contribution >= 4 is 21.6 Å². The van der Waals surface area contributed by atoms with Crippen LogP contribution in [0.1, 0.15) is 0 Å². The number of halogens is 1. The molecular formula is C7H6BrNO. The van der Waals surface area contributed by atoms with Gasteiger partial charge < -0.3 is 10.5 Å². The number of hydrogen-bond donors (Lipinski definition) is 1. The first kappa shape index (κ1) is 7.23. The van der Waals surface area contributed by atoms with Crippen LogP contribution in [-0.4, -0.2) is 7.11 Å². The minimum Gasteiger partial charge on any atom is -0.487 e. The number of methoxy groups -OCH3 is 1. The maximum absolute atomic E-state index is 5.53. The maximum atomic E-state index is 5.53. The summed E-state index contributed by atoms with van der Waals surface area (Å²) in [5, 5.41) is 0. The molecule has 0 saturated heterocycles. The number of ether oxygens (including phenoxy) is 1. The van der Waals surface area contributed by atoms with Crippen LogP contribution in [0.4, 0.5) is 5.69 Å². The number of anilines is 1. The van der Waals surface area contributed by atoms with Gasteiger partial charge in [-0.25, -0.2) is 0 Å². The van der Waals surface area contributed by atoms with Crippen molar-refractivity contribution in [2.75, 3.05) is 12.8 Å². The summed E-state index contributed by atoms with van der Waals surface area (Å²) in [5.74, 6) is 0.531. The summed E-state index contributed by atoms with van der Waals surface area (Å²) in [4.78, 5) is 0. The van der Waals surface area contributed by atoms with E-state index in [1.807, 2.05) is 0 Å². The first-order valence-corrected chi connectivity index (χ1v) is 3.46. The minimum atomic E-state index is 0.531. The molecule has 0 aromatic heterocycles. The maximum Gasteiger partial charge on any atom is 0.193 e. The third kappa shape index (κ3) is 1.34. The Morgan fingerprint density at radius 1 is 1.60 bits per heavy atom. The third-order valence-electron chi connectivity index (χ3n) is 1.04. The molecule has 0 aliphatic carbocycles. The summed E-state index contributed by atoms with van der Waals surface area (Å²) in [6.07, 6.45) is 0. The van der Waals surface area contributed by atoms with Crippen molar-refractivity contribution < 1.29 is 4.74 Å². The molecule has 0 radical (unpaired) electrons. The molecule has 52 valence electrons. The molecule has 0 heterocycles. The van der Waals surface area contributed by atoms with E-state index in [4.69, 9.17) is 10.5 Å². The summed E-state index contributed by atoms with van der Waals surface area (Å²) in [6.45, 7) is 0. The van der Waals surface area contributed by atoms with Crippen LogP contribution in [0.15, 0.2) is 10.5 Å². The summed E-state index contributed by atoms with van der Waals surface area (Å²) in [7, 11) is 1.55. The second-order valence-corrected chi connectivity index (χ2v) is 2.59. The Hall–Kier alpha value is -0.880. The van der Waals surface area contributed by atoms with E-state index < -0.39 is 0 Å². The zero-order valence-electron chi connectivity index (χ0n) is 5.44. The topological polar surface area (TPSA) is 35.2 Å². The van der Waals surface area contributed by atoms with Crippen molar-refractivity contribution in [3.8, 4) is 5.75 Å². The predicted octanol–water partition coefficient (Wildman–Crippen LogP) is 1.64. The highest BCUT2D eigenvalue weighted by Crippen LogP contribution is 2.20. The van der Waals surface area contributed by atoms with Gasteiger partial charge in [-0.05, 0) is 28.1 Å². The quantitative estimate of drug-likeness (QED) is 0.747. The number of nitrogen functional groups attached to an aromatic ring is 1. The van der Waals surface area contributed by atoms with E-state index in [9.17, 15) is 0 Å². The Morgan fingerprint density at radius 2 is 2.30 bits per heavy atom. The Bertz CT molecular complexity index is 237. The summed E-state index contributed by atoms with van der Waals surface area (Å²) < 4.78 is 5.65. The van der Waals surface area contributed by atoms with Gasteiger partial charge >= 0.3 is 0 Å². The molecule has 3 heteroatoms. The lowest BCUT2D eigenvalue weighted by atomic mass is 10.3. The van der Waals surface area contributed by atoms with Crippen molar-refractivity contribution in [2.24, 2.45) is 0 Å². The molecule has 0 aliphatic rings. The van der Waals surface area contributed by atoms with Gasteiger partial charge in [-0.3, -0.25) is 0 Å². The highest BCUT2D eigenvalue weighted by Gasteiger charge is 1.95. The van der Waals surface area contributed by atoms with Crippen molar-refractivity contribution in [1.29, 1.82) is 0 Å². The molecule has 0 amide bonds. The number of rotatable bonds is 1. The molecule has 2 nitrogen and oxygen atoms in total. The zero-order chi connectivity index (χ0) is 7.56. The second-order valence-electron chi connectivity index (χ2n) is 1.73. The lowest BCUT2D eigenvalue weighted by Gasteiger charge is -1.98. The summed E-state index contributed by atoms with van der Waals surface area (Å²) >= 11 is 3.20. The fourth-order valence-corrected chi connectivity index (χ4v) is 0.941. The van der Waals surface area contributed by atoms with Crippen molar-refractivity contribution in [3.05, 3.63) is 22.7 Å². The standard InChI is InChI=1S/C7H6BrNO/c1-10-7-3-2-5(8)4-6(7)9/h4H,9H2,1H3. The molecule has 0 unspecified atom stereocenters. The number of hydrogen-bond acceptors (Lipinski definition) is 2. The van der Waals surface area contributed by atoms with Gasteiger partial charge in [-0.15, -0.1) is 0 Å². The SMILES string of the molecule is COc1c#cc(Br)cc1N. The first-order valence-electron chi connectivity index (χ1n) is 2.67. The average molecular weight is 200 g/mol. The summed E-state index contributed by atoms with van der Waals surface area (Å²) in [6, 6.07) is 7.23. The average Bonchev–Trinajstić information content (AvgIpc) is 1.88. The Kier molecular flexibility index (Phi) is 2.03. The van der Waals surface area contributed by atoms with Crippen molar-refractivity contribution in [2.45, 2.75) is 0 Å². The van der Waals surface area contributed by atoms with E-state index in [2.05, 4.69) is 28.1 Å². The summed E-state index contributed by atoms with van der Waals surface area (Å²) in [5.41, 5.74) is 6.09. The van der Waals surface area contributed by atoms with Crippen LogP contribution < -0.4 is 10.5 Å². The second kappa shape index (κ2) is 2.80. The Labute approximate surface area is 68.1 Å². The molecule has 0 fully saturated rings. The van der Waals surface area contributed by atoms with Gasteiger partial charge in [0.2, 0.25) is 0 Å². The monoisotopic (exact) mass is 199 g/mol. The van der Waals surface area contributed by atoms with Crippen LogP contribution in [-0.2, 0) is 0 Å². The van der Waals surface area contributed by atoms with E-state index in [1.54, 1.807) is 13.2 Å². The van der Waals surface area contributed by atoms with Crippen molar-refractivity contribution in [3.63, 3.8) is 0 Å². The van der Waals surface area contributed by atoms with E-state index in [0.29, 0.717) is 11.4 Å². The molecule has 0 aliphatic heterocycles. The smallest absolute Gasteiger partial charge is 0.193 e. The van der Waals surface area contributed by atoms with Gasteiger partial charge in [0.25, 0.3) is 0 Å². The normalized spacial score (nSPS) is 8.60. The van der Waals surface area contributed by atoms with E-state index in [0.717, 1.165) is 4.47 Å². The van der Waals surface area contributed by atoms with Crippen LogP contribution in [0, 0.1) is 12.1 Å². The molecule has 0 atom stereocenters. The van der Waals surface area contributed by atoms with E-state index >= 15 is 0 Å². The molecule has 1 rings (SSSR count). The Balaban J connectivity index is 3.07. The molecule has 0 saturated carbocycles. The predicted molar refractivity (Wildman–Crippen MR) is 42.8 cm³/mol. The van der Waals surface area contributed by atoms with Crippen LogP contribution in [0.3, 0.4) is 0 Å². The van der Waals surface area contributed by atoms with Gasteiger partial charge in [0.15, 0.2) is 5.75 Å². The van der Waals surface area contributed by atoms with Crippen LogP contribution >= 0.6 is 15.9 Å². The molecular weight excluding hydrogens is 194 g/mol. The highest BCUT2D eigenvalue weighted by atomic mass is 79.9. The third-order valence-corrected chi connectivity index (χ3v) is 1.47. The molecule has 2 N–H and O–H groups in total. The highest BCUT2D eigenvalue weighted by molar-refractivity contribution is 9.10. The number of nitrogens with two attached hydrogens (primary N) is 1. The lowest BCUT2D eigenvalue weighted by molar-refractivity contribution is 0.417. The molecule has 0 bridgehead atoms. The minimum absolute atomic E-state index is 0.531. The first-order chi connectivity index (χ1) is 4.74. The lowest BCUT2D eigenvalue weighted by Crippen LogP contribution is -1.89. The van der Waals surface area contributed by atoms with Crippen molar-refractivity contribution in [1.82, 2.24) is 0 Å². The Morgan fingerprint density at radius 3 is 2.80 bits per heavy atom. The fourth-order valence-electron chi connectivity index (χ4n) is 0.596. The van der Waals surface area contributed by atoms with E-state index in [-0.39, 0.29) is 0 Å². The van der Waals surface area contributed by atoms with Gasteiger partial charge in [-0.1, -0.05) is 6.07 Å². The molecule has 1 aromatic carbocycles. The van der Waals surface area contributed by atoms with E-state index in [1.165, 1.54) is 0 Å². The van der Waals surface area contributed by atoms with Gasteiger partial charge in [0.05, 0.1) is 17.3 Å². The van der Waals surface area contributed by atoms with Gasteiger partial charge in [0.1, 0.15) is 0 Å². The molecule has 10 heavy (non-hydrogen) atoms. The molecule has 1 aromatic rings. The van der Waals surface area contributed by atoms with Crippen LogP contribution in [0.25, 0.3) is 0 Å².